The Bertz CT molecular complexity index is 991. The normalized spacial score (nSPS) is 16.0. The molecule has 2 aliphatic heterocycles. The third-order valence-electron chi connectivity index (χ3n) is 5.61. The maximum atomic E-state index is 12.6. The molecule has 2 aromatic rings. The van der Waals surface area contributed by atoms with Gasteiger partial charge in [-0.15, -0.1) is 0 Å². The van der Waals surface area contributed by atoms with Crippen molar-refractivity contribution in [1.29, 1.82) is 0 Å². The number of carbonyl (C=O) groups is 2. The highest BCUT2D eigenvalue weighted by atomic mass is 32.1. The second-order valence-electron chi connectivity index (χ2n) is 7.61. The average molecular weight is 432 g/mol. The van der Waals surface area contributed by atoms with E-state index in [1.165, 1.54) is 11.3 Å². The van der Waals surface area contributed by atoms with E-state index in [1.54, 1.807) is 22.8 Å². The Labute approximate surface area is 178 Å². The van der Waals surface area contributed by atoms with Crippen LogP contribution in [0.1, 0.15) is 31.4 Å². The summed E-state index contributed by atoms with van der Waals surface area (Å²) in [4.78, 5) is 38.7. The molecule has 0 atom stereocenters. The van der Waals surface area contributed by atoms with Gasteiger partial charge in [0.25, 0.3) is 0 Å². The van der Waals surface area contributed by atoms with Gasteiger partial charge in [0, 0.05) is 54.8 Å². The number of ether oxygens (including phenoxy) is 2. The zero-order valence-corrected chi connectivity index (χ0v) is 17.7. The van der Waals surface area contributed by atoms with Crippen molar-refractivity contribution in [2.24, 2.45) is 5.92 Å². The van der Waals surface area contributed by atoms with E-state index in [0.29, 0.717) is 62.5 Å². The van der Waals surface area contributed by atoms with Gasteiger partial charge in [0.15, 0.2) is 11.5 Å². The first kappa shape index (κ1) is 20.5. The number of rotatable bonds is 6. The molecule has 0 spiro atoms. The summed E-state index contributed by atoms with van der Waals surface area (Å²) in [6, 6.07) is 5.34. The molecule has 2 aliphatic rings. The molecule has 8 nitrogen and oxygen atoms in total. The summed E-state index contributed by atoms with van der Waals surface area (Å²) in [5, 5.41) is 4.77. The van der Waals surface area contributed by atoms with Crippen molar-refractivity contribution in [2.75, 3.05) is 25.2 Å². The molecule has 0 unspecified atom stereocenters. The van der Waals surface area contributed by atoms with Crippen LogP contribution in [0, 0.1) is 12.8 Å². The highest BCUT2D eigenvalue weighted by molar-refractivity contribution is 7.07. The smallest absolute Gasteiger partial charge is 0.307 e. The lowest BCUT2D eigenvalue weighted by molar-refractivity contribution is -0.134. The Balaban J connectivity index is 1.21. The highest BCUT2D eigenvalue weighted by Crippen LogP contribution is 2.34. The van der Waals surface area contributed by atoms with Crippen molar-refractivity contribution < 1.29 is 19.1 Å². The average Bonchev–Trinajstić information content (AvgIpc) is 3.34. The number of carbonyl (C=O) groups excluding carboxylic acids is 2. The molecule has 0 aliphatic carbocycles. The minimum Gasteiger partial charge on any atom is -0.454 e. The van der Waals surface area contributed by atoms with Crippen LogP contribution in [0.5, 0.6) is 11.5 Å². The number of nitrogens with one attached hydrogen (secondary N) is 1. The maximum absolute atomic E-state index is 12.6. The summed E-state index contributed by atoms with van der Waals surface area (Å²) < 4.78 is 12.3. The van der Waals surface area contributed by atoms with E-state index < -0.39 is 0 Å². The number of hydrogen-bond acceptors (Lipinski definition) is 6. The number of aromatic nitrogens is 1. The van der Waals surface area contributed by atoms with Gasteiger partial charge in [-0.1, -0.05) is 11.3 Å². The van der Waals surface area contributed by atoms with Gasteiger partial charge >= 0.3 is 4.87 Å². The molecule has 30 heavy (non-hydrogen) atoms. The zero-order chi connectivity index (χ0) is 21.1. The topological polar surface area (TPSA) is 89.9 Å². The van der Waals surface area contributed by atoms with Gasteiger partial charge in [-0.25, -0.2) is 0 Å². The van der Waals surface area contributed by atoms with E-state index in [1.807, 2.05) is 17.2 Å². The molecule has 0 bridgehead atoms. The van der Waals surface area contributed by atoms with Crippen LogP contribution >= 0.6 is 11.3 Å². The molecule has 2 amide bonds. The number of benzene rings is 1. The van der Waals surface area contributed by atoms with Gasteiger partial charge in [0.2, 0.25) is 18.6 Å². The van der Waals surface area contributed by atoms with Crippen LogP contribution in [0.2, 0.25) is 0 Å². The summed E-state index contributed by atoms with van der Waals surface area (Å²) in [6.07, 6.45) is 2.34. The molecular weight excluding hydrogens is 406 g/mol. The second-order valence-corrected chi connectivity index (χ2v) is 8.43. The predicted octanol–water partition coefficient (Wildman–Crippen LogP) is 2.60. The summed E-state index contributed by atoms with van der Waals surface area (Å²) in [5.74, 6) is 1.25. The van der Waals surface area contributed by atoms with Crippen molar-refractivity contribution >= 4 is 28.8 Å². The number of aryl methyl sites for hydroxylation is 1. The van der Waals surface area contributed by atoms with Crippen LogP contribution < -0.4 is 19.7 Å². The summed E-state index contributed by atoms with van der Waals surface area (Å²) >= 11 is 1.19. The number of amides is 2. The van der Waals surface area contributed by atoms with Crippen LogP contribution in [0.4, 0.5) is 5.69 Å². The number of likely N-dealkylation sites (tertiary alicyclic amines) is 1. The van der Waals surface area contributed by atoms with Gasteiger partial charge in [-0.05, 0) is 38.3 Å². The van der Waals surface area contributed by atoms with Crippen molar-refractivity contribution in [3.8, 4) is 11.5 Å². The van der Waals surface area contributed by atoms with E-state index in [0.717, 1.165) is 5.69 Å². The van der Waals surface area contributed by atoms with Crippen molar-refractivity contribution in [3.05, 3.63) is 38.9 Å². The molecule has 1 N–H and O–H groups in total. The van der Waals surface area contributed by atoms with E-state index >= 15 is 0 Å². The molecule has 1 saturated heterocycles. The summed E-state index contributed by atoms with van der Waals surface area (Å²) in [5.41, 5.74) is 1.62. The van der Waals surface area contributed by atoms with E-state index in [4.69, 9.17) is 9.47 Å². The van der Waals surface area contributed by atoms with E-state index in [-0.39, 0.29) is 29.4 Å². The maximum Gasteiger partial charge on any atom is 0.307 e. The van der Waals surface area contributed by atoms with Crippen LogP contribution in [0.25, 0.3) is 0 Å². The third-order valence-corrected chi connectivity index (χ3v) is 6.49. The number of piperidine rings is 1. The van der Waals surface area contributed by atoms with Gasteiger partial charge in [0.1, 0.15) is 0 Å². The Hall–Kier alpha value is -2.81. The summed E-state index contributed by atoms with van der Waals surface area (Å²) in [7, 11) is 0. The molecular formula is C21H25N3O5S. The quantitative estimate of drug-likeness (QED) is 0.759. The minimum absolute atomic E-state index is 0.0224. The van der Waals surface area contributed by atoms with Gasteiger partial charge in [-0.3, -0.25) is 14.4 Å². The lowest BCUT2D eigenvalue weighted by Crippen LogP contribution is -2.41. The second kappa shape index (κ2) is 8.91. The molecule has 0 saturated carbocycles. The zero-order valence-electron chi connectivity index (χ0n) is 16.9. The first-order valence-corrected chi connectivity index (χ1v) is 11.0. The van der Waals surface area contributed by atoms with Gasteiger partial charge < -0.3 is 24.3 Å². The van der Waals surface area contributed by atoms with Crippen LogP contribution in [0.15, 0.2) is 28.4 Å². The fourth-order valence-corrected chi connectivity index (χ4v) is 4.59. The SMILES string of the molecule is Cc1csc(=O)n1CCCC(=O)N1CCC(C(=O)Nc2ccc3c(c2)OCO3)CC1. The fourth-order valence-electron chi connectivity index (χ4n) is 3.83. The van der Waals surface area contributed by atoms with Crippen molar-refractivity contribution in [2.45, 2.75) is 39.2 Å². The van der Waals surface area contributed by atoms with E-state index in [9.17, 15) is 14.4 Å². The Morgan fingerprint density at radius 1 is 1.20 bits per heavy atom. The molecule has 1 aromatic carbocycles. The molecule has 160 valence electrons. The first-order valence-electron chi connectivity index (χ1n) is 10.1. The molecule has 0 radical (unpaired) electrons. The van der Waals surface area contributed by atoms with Gasteiger partial charge in [0.05, 0.1) is 0 Å². The van der Waals surface area contributed by atoms with Crippen molar-refractivity contribution in [3.63, 3.8) is 0 Å². The third kappa shape index (κ3) is 4.51. The Morgan fingerprint density at radius 2 is 1.97 bits per heavy atom. The standard InChI is InChI=1S/C21H25N3O5S/c1-14-12-30-21(27)24(14)8-2-3-19(25)23-9-6-15(7-10-23)20(26)22-16-4-5-17-18(11-16)29-13-28-17/h4-5,11-12,15H,2-3,6-10,13H2,1H3,(H,22,26). The van der Waals surface area contributed by atoms with Gasteiger partial charge in [-0.2, -0.15) is 0 Å². The molecule has 9 heteroatoms. The van der Waals surface area contributed by atoms with Crippen LogP contribution in [-0.4, -0.2) is 41.2 Å². The number of hydrogen-bond donors (Lipinski definition) is 1. The largest absolute Gasteiger partial charge is 0.454 e. The molecule has 3 heterocycles. The number of nitrogens with zero attached hydrogens (tertiary/aromatic N) is 2. The lowest BCUT2D eigenvalue weighted by atomic mass is 9.95. The highest BCUT2D eigenvalue weighted by Gasteiger charge is 2.27. The minimum atomic E-state index is -0.119. The molecule has 4 rings (SSSR count). The predicted molar refractivity (Wildman–Crippen MR) is 113 cm³/mol. The Morgan fingerprint density at radius 3 is 2.70 bits per heavy atom. The number of thiazole rings is 1. The van der Waals surface area contributed by atoms with Crippen LogP contribution in [-0.2, 0) is 16.1 Å². The monoisotopic (exact) mass is 431 g/mol. The number of anilines is 1. The summed E-state index contributed by atoms with van der Waals surface area (Å²) in [6.45, 7) is 3.82. The molecule has 1 fully saturated rings. The number of fused-ring (bicyclic) bond motifs is 1. The van der Waals surface area contributed by atoms with E-state index in [2.05, 4.69) is 5.32 Å². The molecule has 1 aromatic heterocycles. The fraction of sp³-hybridized carbons (Fsp3) is 0.476. The van der Waals surface area contributed by atoms with Crippen LogP contribution in [0.3, 0.4) is 0 Å². The lowest BCUT2D eigenvalue weighted by Gasteiger charge is -2.31. The Kier molecular flexibility index (Phi) is 6.08. The first-order chi connectivity index (χ1) is 14.5. The van der Waals surface area contributed by atoms with Crippen molar-refractivity contribution in [1.82, 2.24) is 9.47 Å².